The Morgan fingerprint density at radius 3 is 2.82 bits per heavy atom. The second-order valence-corrected chi connectivity index (χ2v) is 5.23. The Hall–Kier alpha value is -0.970. The van der Waals surface area contributed by atoms with Gasteiger partial charge in [0.1, 0.15) is 0 Å². The van der Waals surface area contributed by atoms with Gasteiger partial charge >= 0.3 is 0 Å². The van der Waals surface area contributed by atoms with Gasteiger partial charge in [-0.25, -0.2) is 0 Å². The number of hydrogen-bond donors (Lipinski definition) is 0. The van der Waals surface area contributed by atoms with Gasteiger partial charge in [0.05, 0.1) is 6.54 Å². The first kappa shape index (κ1) is 12.5. The molecule has 0 aromatic heterocycles. The maximum absolute atomic E-state index is 5.83. The van der Waals surface area contributed by atoms with E-state index in [2.05, 4.69) is 23.7 Å². The summed E-state index contributed by atoms with van der Waals surface area (Å²) in [7, 11) is 0. The molecule has 90 valence electrons. The molecule has 0 bridgehead atoms. The SMILES string of the molecule is CC1CCCN(CC#Cc2ccc(Cl)cc2)C1. The number of piperidine rings is 1. The number of hydrogen-bond acceptors (Lipinski definition) is 1. The molecule has 1 saturated heterocycles. The molecule has 2 heteroatoms. The molecule has 0 radical (unpaired) electrons. The van der Waals surface area contributed by atoms with E-state index in [1.54, 1.807) is 0 Å². The molecule has 2 rings (SSSR count). The second-order valence-electron chi connectivity index (χ2n) is 4.79. The van der Waals surface area contributed by atoms with Gasteiger partial charge in [0.25, 0.3) is 0 Å². The van der Waals surface area contributed by atoms with E-state index in [4.69, 9.17) is 11.6 Å². The fourth-order valence-corrected chi connectivity index (χ4v) is 2.34. The highest BCUT2D eigenvalue weighted by molar-refractivity contribution is 6.30. The van der Waals surface area contributed by atoms with Gasteiger partial charge < -0.3 is 0 Å². The molecular weight excluding hydrogens is 230 g/mol. The Bertz CT molecular complexity index is 413. The third kappa shape index (κ3) is 4.07. The summed E-state index contributed by atoms with van der Waals surface area (Å²) in [6.45, 7) is 5.58. The fraction of sp³-hybridized carbons (Fsp3) is 0.467. The minimum Gasteiger partial charge on any atom is -0.292 e. The molecule has 0 spiro atoms. The molecule has 1 aliphatic rings. The van der Waals surface area contributed by atoms with E-state index >= 15 is 0 Å². The van der Waals surface area contributed by atoms with Crippen LogP contribution in [0.15, 0.2) is 24.3 Å². The van der Waals surface area contributed by atoms with Crippen molar-refractivity contribution in [2.75, 3.05) is 19.6 Å². The van der Waals surface area contributed by atoms with Gasteiger partial charge in [0.2, 0.25) is 0 Å². The van der Waals surface area contributed by atoms with Gasteiger partial charge in [0, 0.05) is 17.1 Å². The van der Waals surface area contributed by atoms with Gasteiger partial charge in [-0.2, -0.15) is 0 Å². The van der Waals surface area contributed by atoms with E-state index in [1.165, 1.54) is 25.9 Å². The number of benzene rings is 1. The maximum atomic E-state index is 5.83. The summed E-state index contributed by atoms with van der Waals surface area (Å²) in [5.74, 6) is 7.25. The minimum absolute atomic E-state index is 0.764. The molecule has 1 unspecified atom stereocenters. The molecule has 0 saturated carbocycles. The highest BCUT2D eigenvalue weighted by Crippen LogP contribution is 2.14. The average molecular weight is 248 g/mol. The molecule has 0 amide bonds. The normalized spacial score (nSPS) is 20.7. The van der Waals surface area contributed by atoms with Crippen LogP contribution in [0, 0.1) is 17.8 Å². The van der Waals surface area contributed by atoms with E-state index in [-0.39, 0.29) is 0 Å². The fourth-order valence-electron chi connectivity index (χ4n) is 2.22. The zero-order valence-corrected chi connectivity index (χ0v) is 11.0. The van der Waals surface area contributed by atoms with Crippen molar-refractivity contribution in [2.45, 2.75) is 19.8 Å². The molecule has 1 aliphatic heterocycles. The summed E-state index contributed by atoms with van der Waals surface area (Å²) in [5, 5.41) is 0.764. The number of rotatable bonds is 1. The third-order valence-corrected chi connectivity index (χ3v) is 3.37. The zero-order chi connectivity index (χ0) is 12.1. The van der Waals surface area contributed by atoms with Crippen LogP contribution in [0.5, 0.6) is 0 Å². The zero-order valence-electron chi connectivity index (χ0n) is 10.2. The number of likely N-dealkylation sites (tertiary alicyclic amines) is 1. The average Bonchev–Trinajstić information content (AvgIpc) is 2.32. The van der Waals surface area contributed by atoms with Crippen LogP contribution >= 0.6 is 11.6 Å². The van der Waals surface area contributed by atoms with Crippen molar-refractivity contribution in [1.82, 2.24) is 4.90 Å². The minimum atomic E-state index is 0.764. The van der Waals surface area contributed by atoms with Crippen molar-refractivity contribution in [2.24, 2.45) is 5.92 Å². The van der Waals surface area contributed by atoms with Crippen molar-refractivity contribution in [3.05, 3.63) is 34.9 Å². The quantitative estimate of drug-likeness (QED) is 0.688. The maximum Gasteiger partial charge on any atom is 0.0605 e. The number of nitrogens with zero attached hydrogens (tertiary/aromatic N) is 1. The lowest BCUT2D eigenvalue weighted by Crippen LogP contribution is -2.34. The summed E-state index contributed by atoms with van der Waals surface area (Å²) < 4.78 is 0. The van der Waals surface area contributed by atoms with Crippen molar-refractivity contribution in [3.8, 4) is 11.8 Å². The Kier molecular flexibility index (Phi) is 4.48. The smallest absolute Gasteiger partial charge is 0.0605 e. The molecule has 1 atom stereocenters. The molecule has 1 fully saturated rings. The van der Waals surface area contributed by atoms with Gasteiger partial charge in [-0.1, -0.05) is 30.4 Å². The van der Waals surface area contributed by atoms with E-state index < -0.39 is 0 Å². The Balaban J connectivity index is 1.87. The lowest BCUT2D eigenvalue weighted by Gasteiger charge is -2.28. The van der Waals surface area contributed by atoms with E-state index in [9.17, 15) is 0 Å². The summed E-state index contributed by atoms with van der Waals surface area (Å²) in [6.07, 6.45) is 2.67. The molecule has 17 heavy (non-hydrogen) atoms. The summed E-state index contributed by atoms with van der Waals surface area (Å²) >= 11 is 5.83. The summed E-state index contributed by atoms with van der Waals surface area (Å²) in [6, 6.07) is 7.70. The van der Waals surface area contributed by atoms with Crippen LogP contribution in [0.3, 0.4) is 0 Å². The Morgan fingerprint density at radius 2 is 2.12 bits per heavy atom. The standard InChI is InChI=1S/C15H18ClN/c1-13-4-2-10-17(12-13)11-3-5-14-6-8-15(16)9-7-14/h6-9,13H,2,4,10-12H2,1H3. The van der Waals surface area contributed by atoms with Crippen LogP contribution in [-0.2, 0) is 0 Å². The van der Waals surface area contributed by atoms with Gasteiger partial charge in [-0.3, -0.25) is 4.90 Å². The van der Waals surface area contributed by atoms with E-state index in [1.807, 2.05) is 24.3 Å². The summed E-state index contributed by atoms with van der Waals surface area (Å²) in [5.41, 5.74) is 1.04. The molecule has 0 aliphatic carbocycles. The first-order valence-electron chi connectivity index (χ1n) is 6.21. The van der Waals surface area contributed by atoms with E-state index in [0.717, 1.165) is 23.0 Å². The van der Waals surface area contributed by atoms with Gasteiger partial charge in [-0.05, 0) is 49.6 Å². The van der Waals surface area contributed by atoms with Crippen LogP contribution in [0.25, 0.3) is 0 Å². The number of halogens is 1. The highest BCUT2D eigenvalue weighted by Gasteiger charge is 2.14. The van der Waals surface area contributed by atoms with Crippen LogP contribution in [0.4, 0.5) is 0 Å². The first-order valence-corrected chi connectivity index (χ1v) is 6.58. The second kappa shape index (κ2) is 6.10. The third-order valence-electron chi connectivity index (χ3n) is 3.12. The lowest BCUT2D eigenvalue weighted by molar-refractivity contribution is 0.204. The molecule has 1 heterocycles. The molecule has 0 N–H and O–H groups in total. The van der Waals surface area contributed by atoms with Gasteiger partial charge in [-0.15, -0.1) is 0 Å². The molecule has 1 nitrogen and oxygen atoms in total. The van der Waals surface area contributed by atoms with Crippen molar-refractivity contribution in [3.63, 3.8) is 0 Å². The Morgan fingerprint density at radius 1 is 1.35 bits per heavy atom. The first-order chi connectivity index (χ1) is 8.24. The summed E-state index contributed by atoms with van der Waals surface area (Å²) in [4.78, 5) is 2.44. The van der Waals surface area contributed by atoms with Crippen LogP contribution in [-0.4, -0.2) is 24.5 Å². The topological polar surface area (TPSA) is 3.24 Å². The van der Waals surface area contributed by atoms with Crippen LogP contribution in [0.2, 0.25) is 5.02 Å². The van der Waals surface area contributed by atoms with Crippen LogP contribution < -0.4 is 0 Å². The predicted octanol–water partition coefficient (Wildman–Crippen LogP) is 3.42. The molecule has 1 aromatic rings. The lowest BCUT2D eigenvalue weighted by atomic mass is 10.0. The monoisotopic (exact) mass is 247 g/mol. The predicted molar refractivity (Wildman–Crippen MR) is 73.2 cm³/mol. The van der Waals surface area contributed by atoms with Crippen molar-refractivity contribution in [1.29, 1.82) is 0 Å². The van der Waals surface area contributed by atoms with Crippen molar-refractivity contribution >= 4 is 11.6 Å². The molecule has 1 aromatic carbocycles. The Labute approximate surface area is 109 Å². The molecular formula is C15H18ClN. The van der Waals surface area contributed by atoms with Crippen molar-refractivity contribution < 1.29 is 0 Å². The largest absolute Gasteiger partial charge is 0.292 e. The highest BCUT2D eigenvalue weighted by atomic mass is 35.5. The van der Waals surface area contributed by atoms with Gasteiger partial charge in [0.15, 0.2) is 0 Å². The van der Waals surface area contributed by atoms with Crippen LogP contribution in [0.1, 0.15) is 25.3 Å². The van der Waals surface area contributed by atoms with E-state index in [0.29, 0.717) is 0 Å².